The molecule has 0 unspecified atom stereocenters. The summed E-state index contributed by atoms with van der Waals surface area (Å²) >= 11 is 0. The number of hydrogen-bond donors (Lipinski definition) is 2. The van der Waals surface area contributed by atoms with Crippen LogP contribution in [0.4, 0.5) is 10.5 Å². The van der Waals surface area contributed by atoms with Gasteiger partial charge in [0.05, 0.1) is 12.8 Å². The van der Waals surface area contributed by atoms with Crippen molar-refractivity contribution in [3.05, 3.63) is 82.3 Å². The molecule has 1 aliphatic rings. The molecule has 2 heterocycles. The summed E-state index contributed by atoms with van der Waals surface area (Å²) in [5, 5.41) is 5.27. The third-order valence-corrected chi connectivity index (χ3v) is 6.16. The number of hydrogen-bond acceptors (Lipinski definition) is 4. The lowest BCUT2D eigenvalue weighted by Gasteiger charge is -2.13. The summed E-state index contributed by atoms with van der Waals surface area (Å²) in [6.45, 7) is 7.69. The van der Waals surface area contributed by atoms with Crippen LogP contribution in [0.5, 0.6) is 5.75 Å². The van der Waals surface area contributed by atoms with Crippen LogP contribution >= 0.6 is 0 Å². The molecule has 8 nitrogen and oxygen atoms in total. The quantitative estimate of drug-likeness (QED) is 0.414. The van der Waals surface area contributed by atoms with Crippen LogP contribution in [-0.2, 0) is 9.59 Å². The van der Waals surface area contributed by atoms with Crippen molar-refractivity contribution in [2.45, 2.75) is 27.7 Å². The number of amides is 4. The molecule has 4 rings (SSSR count). The second-order valence-electron chi connectivity index (χ2n) is 8.56. The van der Waals surface area contributed by atoms with Crippen molar-refractivity contribution in [3.8, 4) is 11.4 Å². The number of urea groups is 1. The molecule has 2 N–H and O–H groups in total. The normalized spacial score (nSPS) is 14.4. The van der Waals surface area contributed by atoms with Gasteiger partial charge in [-0.25, -0.2) is 9.69 Å². The molecule has 1 aromatic heterocycles. The van der Waals surface area contributed by atoms with Crippen molar-refractivity contribution >= 4 is 29.6 Å². The van der Waals surface area contributed by atoms with E-state index in [1.54, 1.807) is 30.3 Å². The summed E-state index contributed by atoms with van der Waals surface area (Å²) in [6.07, 6.45) is 1.65. The van der Waals surface area contributed by atoms with Gasteiger partial charge in [0.1, 0.15) is 18.0 Å². The van der Waals surface area contributed by atoms with E-state index in [0.29, 0.717) is 11.4 Å². The molecule has 0 radical (unpaired) electrons. The monoisotopic (exact) mass is 472 g/mol. The average molecular weight is 473 g/mol. The highest BCUT2D eigenvalue weighted by Crippen LogP contribution is 2.26. The number of aryl methyl sites for hydroxylation is 3. The maximum absolute atomic E-state index is 12.9. The number of nitrogens with one attached hydrogen (secondary N) is 2. The number of anilines is 1. The molecule has 35 heavy (non-hydrogen) atoms. The molecule has 3 aromatic rings. The summed E-state index contributed by atoms with van der Waals surface area (Å²) < 4.78 is 7.33. The van der Waals surface area contributed by atoms with Gasteiger partial charge in [-0.1, -0.05) is 18.2 Å². The number of aromatic nitrogens is 1. The number of imide groups is 1. The van der Waals surface area contributed by atoms with Crippen LogP contribution in [0.15, 0.2) is 54.2 Å². The largest absolute Gasteiger partial charge is 0.495 e. The standard InChI is InChI=1S/C27H28N4O4/c1-16-10-11-21(12-17(16)2)31-18(3)13-20(19(31)4)14-23-26(33)30(27(34)29-23)15-25(32)28-22-8-6-7-9-24(22)35-5/h6-14H,15H2,1-5H3,(H,28,32)(H,29,34)/b23-14+. The summed E-state index contributed by atoms with van der Waals surface area (Å²) in [7, 11) is 1.50. The first kappa shape index (κ1) is 23.8. The van der Waals surface area contributed by atoms with Crippen LogP contribution in [0.1, 0.15) is 28.1 Å². The first-order chi connectivity index (χ1) is 16.7. The Labute approximate surface area is 204 Å². The lowest BCUT2D eigenvalue weighted by atomic mass is 10.1. The van der Waals surface area contributed by atoms with E-state index in [-0.39, 0.29) is 5.70 Å². The number of methoxy groups -OCH3 is 1. The molecule has 0 aliphatic carbocycles. The fourth-order valence-electron chi connectivity index (χ4n) is 4.15. The minimum Gasteiger partial charge on any atom is -0.495 e. The van der Waals surface area contributed by atoms with Crippen molar-refractivity contribution in [2.75, 3.05) is 19.0 Å². The third-order valence-electron chi connectivity index (χ3n) is 6.16. The number of rotatable bonds is 6. The van der Waals surface area contributed by atoms with E-state index < -0.39 is 24.4 Å². The number of para-hydroxylation sites is 2. The van der Waals surface area contributed by atoms with Crippen molar-refractivity contribution in [1.82, 2.24) is 14.8 Å². The van der Waals surface area contributed by atoms with E-state index in [4.69, 9.17) is 4.74 Å². The minimum absolute atomic E-state index is 0.125. The van der Waals surface area contributed by atoms with Crippen molar-refractivity contribution in [2.24, 2.45) is 0 Å². The molecule has 0 bridgehead atoms. The molecule has 1 fully saturated rings. The number of ether oxygens (including phenoxy) is 1. The predicted octanol–water partition coefficient (Wildman–Crippen LogP) is 4.25. The van der Waals surface area contributed by atoms with Crippen molar-refractivity contribution in [3.63, 3.8) is 0 Å². The van der Waals surface area contributed by atoms with Crippen LogP contribution in [0, 0.1) is 27.7 Å². The molecule has 0 saturated carbocycles. The number of nitrogens with zero attached hydrogens (tertiary/aromatic N) is 2. The van der Waals surface area contributed by atoms with Gasteiger partial charge >= 0.3 is 6.03 Å². The van der Waals surface area contributed by atoms with Gasteiger partial charge in [0.2, 0.25) is 5.91 Å². The topological polar surface area (TPSA) is 92.7 Å². The summed E-state index contributed by atoms with van der Waals surface area (Å²) in [5.74, 6) is -0.578. The molecule has 1 saturated heterocycles. The van der Waals surface area contributed by atoms with Crippen LogP contribution in [-0.4, -0.2) is 41.0 Å². The number of carbonyl (C=O) groups is 3. The maximum atomic E-state index is 12.9. The minimum atomic E-state index is -0.639. The Morgan fingerprint density at radius 3 is 2.49 bits per heavy atom. The van der Waals surface area contributed by atoms with Crippen LogP contribution < -0.4 is 15.4 Å². The molecule has 0 spiro atoms. The van der Waals surface area contributed by atoms with Gasteiger partial charge in [0, 0.05) is 17.1 Å². The fraction of sp³-hybridized carbons (Fsp3) is 0.222. The Morgan fingerprint density at radius 1 is 1.03 bits per heavy atom. The van der Waals surface area contributed by atoms with E-state index in [1.165, 1.54) is 18.2 Å². The Kier molecular flexibility index (Phi) is 6.46. The second-order valence-corrected chi connectivity index (χ2v) is 8.56. The van der Waals surface area contributed by atoms with E-state index in [0.717, 1.165) is 27.5 Å². The predicted molar refractivity (Wildman–Crippen MR) is 135 cm³/mol. The summed E-state index contributed by atoms with van der Waals surface area (Å²) in [6, 6.07) is 14.5. The molecular formula is C27H28N4O4. The lowest BCUT2D eigenvalue weighted by molar-refractivity contribution is -0.127. The molecule has 4 amide bonds. The van der Waals surface area contributed by atoms with Crippen LogP contribution in [0.2, 0.25) is 0 Å². The zero-order chi connectivity index (χ0) is 25.3. The molecule has 1 aliphatic heterocycles. The third kappa shape index (κ3) is 4.68. The highest BCUT2D eigenvalue weighted by molar-refractivity contribution is 6.16. The van der Waals surface area contributed by atoms with Gasteiger partial charge in [0.25, 0.3) is 5.91 Å². The first-order valence-corrected chi connectivity index (χ1v) is 11.2. The Hall–Kier alpha value is -4.33. The fourth-order valence-corrected chi connectivity index (χ4v) is 4.15. The van der Waals surface area contributed by atoms with Gasteiger partial charge in [-0.05, 0) is 80.8 Å². The number of benzene rings is 2. The van der Waals surface area contributed by atoms with E-state index in [2.05, 4.69) is 47.2 Å². The maximum Gasteiger partial charge on any atom is 0.329 e. The first-order valence-electron chi connectivity index (χ1n) is 11.2. The van der Waals surface area contributed by atoms with Crippen molar-refractivity contribution in [1.29, 1.82) is 0 Å². The molecule has 8 heteroatoms. The molecular weight excluding hydrogens is 444 g/mol. The smallest absolute Gasteiger partial charge is 0.329 e. The lowest BCUT2D eigenvalue weighted by Crippen LogP contribution is -2.38. The highest BCUT2D eigenvalue weighted by atomic mass is 16.5. The van der Waals surface area contributed by atoms with Gasteiger partial charge in [-0.15, -0.1) is 0 Å². The second kappa shape index (κ2) is 9.50. The zero-order valence-corrected chi connectivity index (χ0v) is 20.4. The van der Waals surface area contributed by atoms with Crippen LogP contribution in [0.25, 0.3) is 11.8 Å². The summed E-state index contributed by atoms with van der Waals surface area (Å²) in [5.41, 5.74) is 6.77. The van der Waals surface area contributed by atoms with Crippen molar-refractivity contribution < 1.29 is 19.1 Å². The highest BCUT2D eigenvalue weighted by Gasteiger charge is 2.35. The van der Waals surface area contributed by atoms with Gasteiger partial charge < -0.3 is 19.9 Å². The molecule has 0 atom stereocenters. The molecule has 2 aromatic carbocycles. The zero-order valence-electron chi connectivity index (χ0n) is 20.4. The van der Waals surface area contributed by atoms with E-state index in [1.807, 2.05) is 19.9 Å². The SMILES string of the molecule is COc1ccccc1NC(=O)CN1C(=O)N/C(=C/c2cc(C)n(-c3ccc(C)c(C)c3)c2C)C1=O. The van der Waals surface area contributed by atoms with E-state index in [9.17, 15) is 14.4 Å². The molecule has 180 valence electrons. The summed E-state index contributed by atoms with van der Waals surface area (Å²) in [4.78, 5) is 38.9. The van der Waals surface area contributed by atoms with Crippen LogP contribution in [0.3, 0.4) is 0 Å². The number of carbonyl (C=O) groups excluding carboxylic acids is 3. The average Bonchev–Trinajstić information content (AvgIpc) is 3.25. The Bertz CT molecular complexity index is 1370. The van der Waals surface area contributed by atoms with Gasteiger partial charge in [-0.3, -0.25) is 9.59 Å². The van der Waals surface area contributed by atoms with E-state index >= 15 is 0 Å². The van der Waals surface area contributed by atoms with Gasteiger partial charge in [0.15, 0.2) is 0 Å². The Morgan fingerprint density at radius 2 is 1.77 bits per heavy atom. The Balaban J connectivity index is 1.54. The van der Waals surface area contributed by atoms with Gasteiger partial charge in [-0.2, -0.15) is 0 Å².